The molecule has 1 aliphatic heterocycles. The number of aryl methyl sites for hydroxylation is 1. The zero-order chi connectivity index (χ0) is 17.8. The summed E-state index contributed by atoms with van der Waals surface area (Å²) in [6.45, 7) is 5.24. The molecule has 134 valence electrons. The summed E-state index contributed by atoms with van der Waals surface area (Å²) in [5.41, 5.74) is 4.28. The zero-order valence-electron chi connectivity index (χ0n) is 15.1. The zero-order valence-corrected chi connectivity index (χ0v) is 15.1. The lowest BCUT2D eigenvalue weighted by Crippen LogP contribution is -2.35. The minimum atomic E-state index is 0.626. The van der Waals surface area contributed by atoms with E-state index in [4.69, 9.17) is 0 Å². The number of nitrogens with zero attached hydrogens (tertiary/aromatic N) is 5. The maximum atomic E-state index is 4.49. The summed E-state index contributed by atoms with van der Waals surface area (Å²) < 4.78 is 0. The second-order valence-corrected chi connectivity index (χ2v) is 7.12. The molecule has 6 nitrogen and oxygen atoms in total. The highest BCUT2D eigenvalue weighted by Crippen LogP contribution is 2.22. The third kappa shape index (κ3) is 4.14. The minimum absolute atomic E-state index is 0.626. The number of pyridine rings is 1. The molecule has 0 amide bonds. The van der Waals surface area contributed by atoms with Gasteiger partial charge in [0.05, 0.1) is 0 Å². The molecular weight excluding hydrogens is 324 g/mol. The summed E-state index contributed by atoms with van der Waals surface area (Å²) in [7, 11) is 0. The molecule has 0 spiro atoms. The summed E-state index contributed by atoms with van der Waals surface area (Å²) in [6, 6.07) is 6.23. The SMILES string of the molecule is Cc1cnc(-c2cc(CC3CCCN(Cc4cccnc4)C3)ncn2)[nH]1. The minimum Gasteiger partial charge on any atom is -0.341 e. The van der Waals surface area contributed by atoms with Gasteiger partial charge in [0.25, 0.3) is 0 Å². The van der Waals surface area contributed by atoms with Gasteiger partial charge in [-0.15, -0.1) is 0 Å². The van der Waals surface area contributed by atoms with E-state index >= 15 is 0 Å². The van der Waals surface area contributed by atoms with E-state index in [2.05, 4.69) is 42.0 Å². The summed E-state index contributed by atoms with van der Waals surface area (Å²) >= 11 is 0. The van der Waals surface area contributed by atoms with Crippen LogP contribution in [0.3, 0.4) is 0 Å². The van der Waals surface area contributed by atoms with Crippen molar-refractivity contribution in [3.05, 3.63) is 60.1 Å². The van der Waals surface area contributed by atoms with Crippen LogP contribution in [0.2, 0.25) is 0 Å². The Morgan fingerprint density at radius 2 is 2.19 bits per heavy atom. The molecule has 4 rings (SSSR count). The number of imidazole rings is 1. The van der Waals surface area contributed by atoms with E-state index in [1.165, 1.54) is 18.4 Å². The third-order valence-corrected chi connectivity index (χ3v) is 4.90. The molecule has 1 saturated heterocycles. The quantitative estimate of drug-likeness (QED) is 0.767. The number of rotatable bonds is 5. The number of aromatic nitrogens is 5. The number of aromatic amines is 1. The van der Waals surface area contributed by atoms with Gasteiger partial charge >= 0.3 is 0 Å². The van der Waals surface area contributed by atoms with E-state index < -0.39 is 0 Å². The number of hydrogen-bond donors (Lipinski definition) is 1. The van der Waals surface area contributed by atoms with Crippen molar-refractivity contribution in [1.82, 2.24) is 29.8 Å². The fourth-order valence-corrected chi connectivity index (χ4v) is 3.69. The van der Waals surface area contributed by atoms with Gasteiger partial charge in [-0.05, 0) is 56.3 Å². The average Bonchev–Trinajstić information content (AvgIpc) is 3.10. The molecule has 1 fully saturated rings. The Kier molecular flexibility index (Phi) is 5.02. The van der Waals surface area contributed by atoms with Crippen molar-refractivity contribution in [2.75, 3.05) is 13.1 Å². The van der Waals surface area contributed by atoms with Crippen molar-refractivity contribution in [3.63, 3.8) is 0 Å². The van der Waals surface area contributed by atoms with Crippen LogP contribution in [-0.4, -0.2) is 42.9 Å². The first-order valence-corrected chi connectivity index (χ1v) is 9.20. The van der Waals surface area contributed by atoms with Crippen molar-refractivity contribution in [2.24, 2.45) is 5.92 Å². The molecule has 26 heavy (non-hydrogen) atoms. The van der Waals surface area contributed by atoms with Crippen LogP contribution in [0.1, 0.15) is 29.8 Å². The van der Waals surface area contributed by atoms with Crippen molar-refractivity contribution in [1.29, 1.82) is 0 Å². The maximum Gasteiger partial charge on any atom is 0.156 e. The molecule has 0 aromatic carbocycles. The fraction of sp³-hybridized carbons (Fsp3) is 0.400. The van der Waals surface area contributed by atoms with E-state index in [1.807, 2.05) is 31.6 Å². The Hall–Kier alpha value is -2.60. The van der Waals surface area contributed by atoms with Gasteiger partial charge in [0.15, 0.2) is 5.82 Å². The number of likely N-dealkylation sites (tertiary alicyclic amines) is 1. The molecule has 1 aliphatic rings. The van der Waals surface area contributed by atoms with Crippen LogP contribution in [0.15, 0.2) is 43.1 Å². The summed E-state index contributed by atoms with van der Waals surface area (Å²) in [5.74, 6) is 1.44. The lowest BCUT2D eigenvalue weighted by Gasteiger charge is -2.32. The molecule has 3 aromatic heterocycles. The second kappa shape index (κ2) is 7.74. The van der Waals surface area contributed by atoms with Gasteiger partial charge in [-0.25, -0.2) is 15.0 Å². The van der Waals surface area contributed by atoms with Gasteiger partial charge < -0.3 is 4.98 Å². The summed E-state index contributed by atoms with van der Waals surface area (Å²) in [6.07, 6.45) is 10.7. The van der Waals surface area contributed by atoms with Crippen LogP contribution in [0, 0.1) is 12.8 Å². The fourth-order valence-electron chi connectivity index (χ4n) is 3.69. The van der Waals surface area contributed by atoms with Gasteiger partial charge in [0.2, 0.25) is 0 Å². The Morgan fingerprint density at radius 3 is 3.00 bits per heavy atom. The predicted molar refractivity (Wildman–Crippen MR) is 100 cm³/mol. The smallest absolute Gasteiger partial charge is 0.156 e. The molecule has 3 aromatic rings. The normalized spacial score (nSPS) is 18.1. The molecule has 0 radical (unpaired) electrons. The third-order valence-electron chi connectivity index (χ3n) is 4.90. The number of H-pyrrole nitrogens is 1. The molecule has 1 atom stereocenters. The highest BCUT2D eigenvalue weighted by Gasteiger charge is 2.21. The summed E-state index contributed by atoms with van der Waals surface area (Å²) in [5, 5.41) is 0. The first kappa shape index (κ1) is 16.8. The maximum absolute atomic E-state index is 4.49. The Morgan fingerprint density at radius 1 is 1.23 bits per heavy atom. The second-order valence-electron chi connectivity index (χ2n) is 7.12. The topological polar surface area (TPSA) is 70.6 Å². The van der Waals surface area contributed by atoms with E-state index in [-0.39, 0.29) is 0 Å². The van der Waals surface area contributed by atoms with E-state index in [0.29, 0.717) is 5.92 Å². The number of hydrogen-bond acceptors (Lipinski definition) is 5. The standard InChI is InChI=1S/C20H24N6/c1-15-10-22-20(25-15)19-9-18(23-14-24-19)8-16-5-3-7-26(12-16)13-17-4-2-6-21-11-17/h2,4,6,9-11,14,16H,3,5,7-8,12-13H2,1H3,(H,22,25). The van der Waals surface area contributed by atoms with Gasteiger partial charge in [-0.3, -0.25) is 9.88 Å². The molecular formula is C20H24N6. The van der Waals surface area contributed by atoms with Crippen LogP contribution in [0.4, 0.5) is 0 Å². The molecule has 1 N–H and O–H groups in total. The molecule has 0 bridgehead atoms. The Balaban J connectivity index is 1.40. The highest BCUT2D eigenvalue weighted by atomic mass is 15.1. The molecule has 4 heterocycles. The van der Waals surface area contributed by atoms with Gasteiger partial charge in [-0.1, -0.05) is 6.07 Å². The van der Waals surface area contributed by atoms with Crippen LogP contribution in [0.5, 0.6) is 0 Å². The van der Waals surface area contributed by atoms with Crippen molar-refractivity contribution < 1.29 is 0 Å². The first-order valence-electron chi connectivity index (χ1n) is 9.20. The lowest BCUT2D eigenvalue weighted by molar-refractivity contribution is 0.166. The Labute approximate surface area is 153 Å². The van der Waals surface area contributed by atoms with Crippen LogP contribution in [-0.2, 0) is 13.0 Å². The van der Waals surface area contributed by atoms with Gasteiger partial charge in [0, 0.05) is 43.1 Å². The molecule has 6 heteroatoms. The van der Waals surface area contributed by atoms with E-state index in [9.17, 15) is 0 Å². The number of nitrogens with one attached hydrogen (secondary N) is 1. The van der Waals surface area contributed by atoms with Gasteiger partial charge in [0.1, 0.15) is 12.0 Å². The number of piperidine rings is 1. The van der Waals surface area contributed by atoms with Crippen LogP contribution in [0.25, 0.3) is 11.5 Å². The highest BCUT2D eigenvalue weighted by molar-refractivity contribution is 5.49. The summed E-state index contributed by atoms with van der Waals surface area (Å²) in [4.78, 5) is 23.2. The first-order chi connectivity index (χ1) is 12.8. The Bertz CT molecular complexity index is 844. The molecule has 0 saturated carbocycles. The van der Waals surface area contributed by atoms with E-state index in [1.54, 1.807) is 6.33 Å². The predicted octanol–water partition coefficient (Wildman–Crippen LogP) is 3.02. The largest absolute Gasteiger partial charge is 0.341 e. The average molecular weight is 348 g/mol. The van der Waals surface area contributed by atoms with E-state index in [0.717, 1.165) is 49.0 Å². The monoisotopic (exact) mass is 348 g/mol. The van der Waals surface area contributed by atoms with Gasteiger partial charge in [-0.2, -0.15) is 0 Å². The van der Waals surface area contributed by atoms with Crippen molar-refractivity contribution in [3.8, 4) is 11.5 Å². The van der Waals surface area contributed by atoms with Crippen molar-refractivity contribution in [2.45, 2.75) is 32.7 Å². The lowest BCUT2D eigenvalue weighted by atomic mass is 9.93. The van der Waals surface area contributed by atoms with Crippen LogP contribution >= 0.6 is 0 Å². The van der Waals surface area contributed by atoms with Crippen LogP contribution < -0.4 is 0 Å². The molecule has 1 unspecified atom stereocenters. The molecule has 0 aliphatic carbocycles. The van der Waals surface area contributed by atoms with Crippen molar-refractivity contribution >= 4 is 0 Å².